The number of hydrogen-bond donors (Lipinski definition) is 1. The van der Waals surface area contributed by atoms with Gasteiger partial charge in [0, 0.05) is 17.2 Å². The Kier molecular flexibility index (Phi) is 5.39. The smallest absolute Gasteiger partial charge is 0.261 e. The van der Waals surface area contributed by atoms with Crippen molar-refractivity contribution in [3.8, 4) is 0 Å². The molecule has 0 spiro atoms. The van der Waals surface area contributed by atoms with E-state index >= 15 is 0 Å². The highest BCUT2D eigenvalue weighted by Crippen LogP contribution is 2.25. The van der Waals surface area contributed by atoms with Gasteiger partial charge in [0.05, 0.1) is 10.5 Å². The second-order valence-electron chi connectivity index (χ2n) is 5.91. The Morgan fingerprint density at radius 2 is 1.95 bits per heavy atom. The Morgan fingerprint density at radius 3 is 2.38 bits per heavy atom. The molecule has 1 amide bonds. The van der Waals surface area contributed by atoms with Gasteiger partial charge in [0.25, 0.3) is 15.0 Å². The van der Waals surface area contributed by atoms with Crippen LogP contribution < -0.4 is 5.32 Å². The summed E-state index contributed by atoms with van der Waals surface area (Å²) in [6, 6.07) is 2.96. The molecule has 0 aliphatic heterocycles. The summed E-state index contributed by atoms with van der Waals surface area (Å²) >= 11 is 0. The maximum Gasteiger partial charge on any atom is 0.261 e. The maximum absolute atomic E-state index is 13.8. The molecule has 0 atom stereocenters. The van der Waals surface area contributed by atoms with Gasteiger partial charge in [-0.1, -0.05) is 27.7 Å². The van der Waals surface area contributed by atoms with Crippen molar-refractivity contribution in [3.05, 3.63) is 29.6 Å². The molecule has 0 aliphatic rings. The molecule has 0 radical (unpaired) electrons. The van der Waals surface area contributed by atoms with Crippen molar-refractivity contribution in [2.45, 2.75) is 32.6 Å². The van der Waals surface area contributed by atoms with Crippen LogP contribution in [0.5, 0.6) is 0 Å². The fourth-order valence-electron chi connectivity index (χ4n) is 1.44. The molecule has 0 saturated carbocycles. The van der Waals surface area contributed by atoms with E-state index in [0.717, 1.165) is 18.2 Å². The lowest BCUT2D eigenvalue weighted by Gasteiger charge is -2.29. The lowest BCUT2D eigenvalue weighted by molar-refractivity contribution is 0.0920. The van der Waals surface area contributed by atoms with Crippen LogP contribution in [0.15, 0.2) is 23.1 Å². The fraction of sp³-hybridized carbons (Fsp3) is 0.500. The summed E-state index contributed by atoms with van der Waals surface area (Å²) < 4.78 is 36.0. The number of hydrogen-bond acceptors (Lipinski definition) is 3. The van der Waals surface area contributed by atoms with Crippen molar-refractivity contribution in [2.75, 3.05) is 6.54 Å². The minimum Gasteiger partial charge on any atom is -0.351 e. The molecule has 0 aliphatic carbocycles. The minimum atomic E-state index is -4.01. The molecule has 0 fully saturated rings. The van der Waals surface area contributed by atoms with E-state index in [1.807, 2.05) is 27.7 Å². The lowest BCUT2D eigenvalue weighted by Crippen LogP contribution is -2.37. The van der Waals surface area contributed by atoms with Gasteiger partial charge in [0.15, 0.2) is 0 Å². The second-order valence-corrected chi connectivity index (χ2v) is 8.47. The van der Waals surface area contributed by atoms with Crippen molar-refractivity contribution >= 4 is 25.6 Å². The Hall–Kier alpha value is -1.14. The van der Waals surface area contributed by atoms with Gasteiger partial charge in [-0.2, -0.15) is 0 Å². The van der Waals surface area contributed by atoms with Gasteiger partial charge in [0.1, 0.15) is 5.82 Å². The van der Waals surface area contributed by atoms with Gasteiger partial charge < -0.3 is 5.32 Å². The zero-order valence-electron chi connectivity index (χ0n) is 12.4. The predicted molar refractivity (Wildman–Crippen MR) is 80.4 cm³/mol. The maximum atomic E-state index is 13.8. The molecule has 0 unspecified atom stereocenters. The summed E-state index contributed by atoms with van der Waals surface area (Å²) in [6.07, 6.45) is 0. The van der Waals surface area contributed by atoms with E-state index in [1.165, 1.54) is 0 Å². The number of carbonyl (C=O) groups excluding carboxylic acids is 1. The molecule has 1 N–H and O–H groups in total. The van der Waals surface area contributed by atoms with Crippen LogP contribution in [-0.2, 0) is 9.05 Å². The number of carbonyl (C=O) groups is 1. The predicted octanol–water partition coefficient (Wildman–Crippen LogP) is 3.17. The summed E-state index contributed by atoms with van der Waals surface area (Å²) in [6.45, 7) is 8.45. The van der Waals surface area contributed by atoms with E-state index in [4.69, 9.17) is 10.7 Å². The molecule has 7 heteroatoms. The van der Waals surface area contributed by atoms with E-state index in [-0.39, 0.29) is 15.9 Å². The van der Waals surface area contributed by atoms with Crippen LogP contribution in [0.4, 0.5) is 4.39 Å². The van der Waals surface area contributed by atoms with Gasteiger partial charge in [-0.25, -0.2) is 12.8 Å². The third-order valence-corrected chi connectivity index (χ3v) is 5.09. The summed E-state index contributed by atoms with van der Waals surface area (Å²) in [4.78, 5) is 11.6. The molecule has 21 heavy (non-hydrogen) atoms. The van der Waals surface area contributed by atoms with Crippen molar-refractivity contribution in [1.82, 2.24) is 5.32 Å². The molecule has 1 aromatic rings. The molecule has 0 bridgehead atoms. The van der Waals surface area contributed by atoms with Crippen LogP contribution in [-0.4, -0.2) is 20.9 Å². The van der Waals surface area contributed by atoms with Crippen molar-refractivity contribution in [1.29, 1.82) is 0 Å². The average Bonchev–Trinajstić information content (AvgIpc) is 2.34. The van der Waals surface area contributed by atoms with Crippen LogP contribution in [0.1, 0.15) is 38.1 Å². The van der Waals surface area contributed by atoms with Crippen LogP contribution in [0.25, 0.3) is 0 Å². The van der Waals surface area contributed by atoms with Gasteiger partial charge >= 0.3 is 0 Å². The molecule has 1 aromatic carbocycles. The highest BCUT2D eigenvalue weighted by molar-refractivity contribution is 8.13. The van der Waals surface area contributed by atoms with E-state index in [0.29, 0.717) is 12.5 Å². The number of rotatable bonds is 5. The highest BCUT2D eigenvalue weighted by Gasteiger charge is 2.24. The molecule has 1 rings (SSSR count). The average molecular weight is 336 g/mol. The van der Waals surface area contributed by atoms with Crippen molar-refractivity contribution in [3.63, 3.8) is 0 Å². The zero-order valence-corrected chi connectivity index (χ0v) is 14.0. The van der Waals surface area contributed by atoms with E-state index < -0.39 is 20.8 Å². The molecule has 0 saturated heterocycles. The lowest BCUT2D eigenvalue weighted by atomic mass is 9.81. The first-order valence-electron chi connectivity index (χ1n) is 6.47. The molecular weight excluding hydrogens is 317 g/mol. The van der Waals surface area contributed by atoms with E-state index in [2.05, 4.69) is 5.32 Å². The molecule has 4 nitrogen and oxygen atoms in total. The van der Waals surface area contributed by atoms with E-state index in [1.54, 1.807) is 0 Å². The Morgan fingerprint density at radius 1 is 1.38 bits per heavy atom. The summed E-state index contributed by atoms with van der Waals surface area (Å²) in [5, 5.41) is 2.66. The zero-order chi connectivity index (χ0) is 16.4. The Bertz CT molecular complexity index is 642. The standard InChI is InChI=1S/C14H19ClFNO3S/c1-9(2)14(3,4)8-17-13(18)11-6-5-10(7-12(11)16)21(15,19)20/h5-7,9H,8H2,1-4H3,(H,17,18). The van der Waals surface area contributed by atoms with Crippen LogP contribution in [0.2, 0.25) is 0 Å². The monoisotopic (exact) mass is 335 g/mol. The third kappa shape index (κ3) is 4.68. The largest absolute Gasteiger partial charge is 0.351 e. The van der Waals surface area contributed by atoms with Crippen LogP contribution in [0, 0.1) is 17.2 Å². The quantitative estimate of drug-likeness (QED) is 0.841. The Labute approximate surface area is 129 Å². The number of nitrogens with one attached hydrogen (secondary N) is 1. The topological polar surface area (TPSA) is 63.2 Å². The van der Waals surface area contributed by atoms with Crippen molar-refractivity contribution < 1.29 is 17.6 Å². The third-order valence-electron chi connectivity index (χ3n) is 3.73. The van der Waals surface area contributed by atoms with E-state index in [9.17, 15) is 17.6 Å². The second kappa shape index (κ2) is 6.32. The molecule has 0 aromatic heterocycles. The first-order valence-corrected chi connectivity index (χ1v) is 8.78. The number of benzene rings is 1. The molecule has 118 valence electrons. The number of amides is 1. The van der Waals surface area contributed by atoms with Gasteiger partial charge in [-0.15, -0.1) is 0 Å². The summed E-state index contributed by atoms with van der Waals surface area (Å²) in [5.41, 5.74) is -0.343. The molecular formula is C14H19ClFNO3S. The Balaban J connectivity index is 2.90. The van der Waals surface area contributed by atoms with Gasteiger partial charge in [-0.3, -0.25) is 4.79 Å². The van der Waals surface area contributed by atoms with Gasteiger partial charge in [-0.05, 0) is 29.5 Å². The summed E-state index contributed by atoms with van der Waals surface area (Å²) in [7, 11) is 1.11. The summed E-state index contributed by atoms with van der Waals surface area (Å²) in [5.74, 6) is -1.16. The minimum absolute atomic E-state index is 0.133. The van der Waals surface area contributed by atoms with Crippen LogP contribution >= 0.6 is 10.7 Å². The normalized spacial score (nSPS) is 12.5. The SMILES string of the molecule is CC(C)C(C)(C)CNC(=O)c1ccc(S(=O)(=O)Cl)cc1F. The van der Waals surface area contributed by atoms with Crippen molar-refractivity contribution in [2.24, 2.45) is 11.3 Å². The first kappa shape index (κ1) is 17.9. The first-order chi connectivity index (χ1) is 9.45. The van der Waals surface area contributed by atoms with Crippen LogP contribution in [0.3, 0.4) is 0 Å². The number of halogens is 2. The highest BCUT2D eigenvalue weighted by atomic mass is 35.7. The molecule has 0 heterocycles. The van der Waals surface area contributed by atoms with Gasteiger partial charge in [0.2, 0.25) is 0 Å². The fourth-order valence-corrected chi connectivity index (χ4v) is 2.20.